The number of likely N-dealkylation sites (N-methyl/N-ethyl adjacent to an activating group) is 1. The summed E-state index contributed by atoms with van der Waals surface area (Å²) in [6.07, 6.45) is 2.36. The molecular formula is C15H21N3O4S. The average Bonchev–Trinajstić information content (AvgIpc) is 3.36. The summed E-state index contributed by atoms with van der Waals surface area (Å²) in [5, 5.41) is 2.61. The largest absolute Gasteiger partial charge is 0.482 e. The van der Waals surface area contributed by atoms with Gasteiger partial charge in [-0.3, -0.25) is 9.69 Å². The van der Waals surface area contributed by atoms with Gasteiger partial charge in [0.1, 0.15) is 5.75 Å². The number of carbonyl (C=O) groups is 1. The number of hydrogen-bond acceptors (Lipinski definition) is 5. The van der Waals surface area contributed by atoms with Crippen molar-refractivity contribution in [2.24, 2.45) is 0 Å². The average molecular weight is 339 g/mol. The minimum atomic E-state index is -3.63. The topological polar surface area (TPSA) is 87.7 Å². The van der Waals surface area contributed by atoms with E-state index in [0.29, 0.717) is 24.0 Å². The Morgan fingerprint density at radius 3 is 2.87 bits per heavy atom. The van der Waals surface area contributed by atoms with Gasteiger partial charge in [0.2, 0.25) is 10.0 Å². The molecule has 1 fully saturated rings. The van der Waals surface area contributed by atoms with E-state index < -0.39 is 10.0 Å². The van der Waals surface area contributed by atoms with Gasteiger partial charge in [0.05, 0.1) is 10.6 Å². The molecule has 0 radical (unpaired) electrons. The van der Waals surface area contributed by atoms with Gasteiger partial charge < -0.3 is 10.1 Å². The summed E-state index contributed by atoms with van der Waals surface area (Å²) in [4.78, 5) is 13.7. The molecule has 1 aliphatic carbocycles. The van der Waals surface area contributed by atoms with E-state index in [4.69, 9.17) is 4.74 Å². The van der Waals surface area contributed by atoms with E-state index in [0.717, 1.165) is 0 Å². The Bertz CT molecular complexity index is 715. The zero-order chi connectivity index (χ0) is 16.6. The van der Waals surface area contributed by atoms with Gasteiger partial charge in [-0.15, -0.1) is 0 Å². The lowest BCUT2D eigenvalue weighted by atomic mass is 10.2. The lowest BCUT2D eigenvalue weighted by Gasteiger charge is -2.24. The van der Waals surface area contributed by atoms with Crippen molar-refractivity contribution in [2.45, 2.75) is 36.7 Å². The molecule has 0 spiro atoms. The van der Waals surface area contributed by atoms with Crippen LogP contribution in [-0.2, 0) is 14.8 Å². The quantitative estimate of drug-likeness (QED) is 0.800. The molecule has 2 N–H and O–H groups in total. The second kappa shape index (κ2) is 6.10. The highest BCUT2D eigenvalue weighted by Crippen LogP contribution is 2.30. The fourth-order valence-electron chi connectivity index (χ4n) is 2.53. The molecule has 0 aromatic heterocycles. The number of nitrogens with zero attached hydrogens (tertiary/aromatic N) is 1. The second-order valence-electron chi connectivity index (χ2n) is 6.09. The highest BCUT2D eigenvalue weighted by atomic mass is 32.2. The van der Waals surface area contributed by atoms with Crippen LogP contribution < -0.4 is 14.8 Å². The van der Waals surface area contributed by atoms with Gasteiger partial charge in [0.15, 0.2) is 6.61 Å². The van der Waals surface area contributed by atoms with Gasteiger partial charge >= 0.3 is 0 Å². The second-order valence-corrected chi connectivity index (χ2v) is 7.86. The number of nitrogens with one attached hydrogen (secondary N) is 2. The van der Waals surface area contributed by atoms with Crippen molar-refractivity contribution in [3.05, 3.63) is 18.2 Å². The molecule has 1 aromatic rings. The SMILES string of the molecule is CC(CNS(=O)(=O)c1ccc2c(c1)NC(=O)CO2)N(C)C1CC1. The maximum atomic E-state index is 12.4. The van der Waals surface area contributed by atoms with E-state index in [2.05, 4.69) is 14.9 Å². The van der Waals surface area contributed by atoms with Crippen LogP contribution in [-0.4, -0.2) is 51.5 Å². The number of carbonyl (C=O) groups excluding carboxylic acids is 1. The molecule has 1 atom stereocenters. The number of rotatable bonds is 6. The maximum Gasteiger partial charge on any atom is 0.262 e. The van der Waals surface area contributed by atoms with Gasteiger partial charge in [-0.25, -0.2) is 13.1 Å². The monoisotopic (exact) mass is 339 g/mol. The maximum absolute atomic E-state index is 12.4. The van der Waals surface area contributed by atoms with Crippen LogP contribution in [0.4, 0.5) is 5.69 Å². The zero-order valence-corrected chi connectivity index (χ0v) is 14.0. The summed E-state index contributed by atoms with van der Waals surface area (Å²) in [5.41, 5.74) is 0.382. The summed E-state index contributed by atoms with van der Waals surface area (Å²) in [7, 11) is -1.61. The number of sulfonamides is 1. The number of amides is 1. The van der Waals surface area contributed by atoms with Crippen LogP contribution in [0.1, 0.15) is 19.8 Å². The van der Waals surface area contributed by atoms with Crippen molar-refractivity contribution in [2.75, 3.05) is 25.5 Å². The number of benzene rings is 1. The summed E-state index contributed by atoms with van der Waals surface area (Å²) in [6, 6.07) is 5.16. The summed E-state index contributed by atoms with van der Waals surface area (Å²) < 4.78 is 32.7. The van der Waals surface area contributed by atoms with Crippen LogP contribution in [0, 0.1) is 0 Å². The van der Waals surface area contributed by atoms with Crippen LogP contribution in [0.5, 0.6) is 5.75 Å². The predicted molar refractivity (Wildman–Crippen MR) is 86.0 cm³/mol. The minimum absolute atomic E-state index is 0.0532. The molecule has 23 heavy (non-hydrogen) atoms. The van der Waals surface area contributed by atoms with Crippen LogP contribution in [0.3, 0.4) is 0 Å². The third-order valence-corrected chi connectivity index (χ3v) is 5.70. The molecule has 3 rings (SSSR count). The first-order chi connectivity index (χ1) is 10.9. The molecule has 0 saturated heterocycles. The molecule has 8 heteroatoms. The van der Waals surface area contributed by atoms with Crippen molar-refractivity contribution in [1.82, 2.24) is 9.62 Å². The molecule has 1 aromatic carbocycles. The highest BCUT2D eigenvalue weighted by molar-refractivity contribution is 7.89. The molecule has 7 nitrogen and oxygen atoms in total. The van der Waals surface area contributed by atoms with Crippen molar-refractivity contribution in [3.63, 3.8) is 0 Å². The molecule has 1 unspecified atom stereocenters. The van der Waals surface area contributed by atoms with E-state index in [1.54, 1.807) is 6.07 Å². The number of hydrogen-bond donors (Lipinski definition) is 2. The molecule has 2 aliphatic rings. The summed E-state index contributed by atoms with van der Waals surface area (Å²) >= 11 is 0. The first-order valence-corrected chi connectivity index (χ1v) is 9.13. The molecule has 1 heterocycles. The lowest BCUT2D eigenvalue weighted by molar-refractivity contribution is -0.118. The Balaban J connectivity index is 1.69. The first kappa shape index (κ1) is 16.2. The Kier molecular flexibility index (Phi) is 4.31. The van der Waals surface area contributed by atoms with Gasteiger partial charge in [-0.1, -0.05) is 0 Å². The third-order valence-electron chi connectivity index (χ3n) is 4.28. The van der Waals surface area contributed by atoms with Crippen molar-refractivity contribution < 1.29 is 17.9 Å². The van der Waals surface area contributed by atoms with E-state index in [1.165, 1.54) is 25.0 Å². The smallest absolute Gasteiger partial charge is 0.262 e. The first-order valence-electron chi connectivity index (χ1n) is 7.65. The zero-order valence-electron chi connectivity index (χ0n) is 13.2. The fourth-order valence-corrected chi connectivity index (χ4v) is 3.68. The number of anilines is 1. The molecule has 1 aliphatic heterocycles. The van der Waals surface area contributed by atoms with Crippen molar-refractivity contribution in [1.29, 1.82) is 0 Å². The van der Waals surface area contributed by atoms with Gasteiger partial charge in [-0.05, 0) is 45.0 Å². The summed E-state index contributed by atoms with van der Waals surface area (Å²) in [5.74, 6) is 0.185. The molecule has 126 valence electrons. The molecule has 1 saturated carbocycles. The van der Waals surface area contributed by atoms with Crippen molar-refractivity contribution in [3.8, 4) is 5.75 Å². The standard InChI is InChI=1S/C15H21N3O4S/c1-10(18(2)11-3-4-11)8-16-23(20,21)12-5-6-14-13(7-12)17-15(19)9-22-14/h5-7,10-11,16H,3-4,8-9H2,1-2H3,(H,17,19). The van der Waals surface area contributed by atoms with E-state index in [1.807, 2.05) is 14.0 Å². The Morgan fingerprint density at radius 1 is 1.43 bits per heavy atom. The van der Waals surface area contributed by atoms with Crippen LogP contribution in [0.25, 0.3) is 0 Å². The predicted octanol–water partition coefficient (Wildman–Crippen LogP) is 0.778. The van der Waals surface area contributed by atoms with Gasteiger partial charge in [0, 0.05) is 18.6 Å². The number of ether oxygens (including phenoxy) is 1. The lowest BCUT2D eigenvalue weighted by Crippen LogP contribution is -2.41. The van der Waals surface area contributed by atoms with Crippen LogP contribution >= 0.6 is 0 Å². The molecule has 0 bridgehead atoms. The fraction of sp³-hybridized carbons (Fsp3) is 0.533. The molecular weight excluding hydrogens is 318 g/mol. The summed E-state index contributed by atoms with van der Waals surface area (Å²) in [6.45, 7) is 2.29. The normalized spacial score (nSPS) is 19.0. The van der Waals surface area contributed by atoms with E-state index in [-0.39, 0.29) is 23.5 Å². The highest BCUT2D eigenvalue weighted by Gasteiger charge is 2.30. The Labute approximate surface area is 136 Å². The Hall–Kier alpha value is -1.64. The Morgan fingerprint density at radius 2 is 2.17 bits per heavy atom. The number of fused-ring (bicyclic) bond motifs is 1. The van der Waals surface area contributed by atoms with Crippen LogP contribution in [0.2, 0.25) is 0 Å². The minimum Gasteiger partial charge on any atom is -0.482 e. The van der Waals surface area contributed by atoms with E-state index >= 15 is 0 Å². The van der Waals surface area contributed by atoms with Gasteiger partial charge in [0.25, 0.3) is 5.91 Å². The van der Waals surface area contributed by atoms with Crippen LogP contribution in [0.15, 0.2) is 23.1 Å². The van der Waals surface area contributed by atoms with Gasteiger partial charge in [-0.2, -0.15) is 0 Å². The van der Waals surface area contributed by atoms with E-state index in [9.17, 15) is 13.2 Å². The molecule has 1 amide bonds. The third kappa shape index (κ3) is 3.65. The van der Waals surface area contributed by atoms with Crippen molar-refractivity contribution >= 4 is 21.6 Å².